The third-order valence-corrected chi connectivity index (χ3v) is 9.55. The lowest BCUT2D eigenvalue weighted by molar-refractivity contribution is 0.670. The summed E-state index contributed by atoms with van der Waals surface area (Å²) < 4.78 is 6.37. The number of hydrogen-bond donors (Lipinski definition) is 0. The average Bonchev–Trinajstić information content (AvgIpc) is 3.59. The van der Waals surface area contributed by atoms with E-state index >= 15 is 0 Å². The Morgan fingerprint density at radius 1 is 0.440 bits per heavy atom. The quantitative estimate of drug-likeness (QED) is 0.172. The van der Waals surface area contributed by atoms with Crippen molar-refractivity contribution in [2.75, 3.05) is 16.3 Å². The molecule has 3 nitrogen and oxygen atoms in total. The number of hydrogen-bond acceptors (Lipinski definition) is 3. The Morgan fingerprint density at radius 3 is 1.62 bits per heavy atom. The molecule has 0 fully saturated rings. The summed E-state index contributed by atoms with van der Waals surface area (Å²) in [6.07, 6.45) is 8.46. The molecule has 7 aromatic carbocycles. The topological polar surface area (TPSA) is 19.6 Å². The fourth-order valence-electron chi connectivity index (χ4n) is 6.95. The van der Waals surface area contributed by atoms with Gasteiger partial charge in [0.15, 0.2) is 0 Å². The molecule has 1 aliphatic rings. The van der Waals surface area contributed by atoms with Gasteiger partial charge in [-0.2, -0.15) is 0 Å². The minimum Gasteiger partial charge on any atom is -0.455 e. The van der Waals surface area contributed by atoms with Crippen LogP contribution in [0.3, 0.4) is 0 Å². The molecule has 0 saturated carbocycles. The molecular formula is C47H34N2O. The Balaban J connectivity index is 1.06. The molecule has 2 heterocycles. The Kier molecular flexibility index (Phi) is 7.56. The van der Waals surface area contributed by atoms with E-state index in [0.717, 1.165) is 62.4 Å². The largest absolute Gasteiger partial charge is 0.455 e. The Labute approximate surface area is 292 Å². The normalized spacial score (nSPS) is 12.5. The monoisotopic (exact) mass is 642 g/mol. The average molecular weight is 643 g/mol. The summed E-state index contributed by atoms with van der Waals surface area (Å²) in [5.41, 5.74) is 13.3. The zero-order chi connectivity index (χ0) is 33.3. The predicted octanol–water partition coefficient (Wildman–Crippen LogP) is 12.9. The van der Waals surface area contributed by atoms with Crippen molar-refractivity contribution in [3.05, 3.63) is 194 Å². The zero-order valence-corrected chi connectivity index (χ0v) is 27.5. The number of furan rings is 1. The minimum absolute atomic E-state index is 0.868. The summed E-state index contributed by atoms with van der Waals surface area (Å²) in [4.78, 5) is 4.57. The summed E-state index contributed by atoms with van der Waals surface area (Å²) in [6, 6.07) is 60.5. The third-order valence-electron chi connectivity index (χ3n) is 9.55. The first-order valence-corrected chi connectivity index (χ1v) is 17.1. The van der Waals surface area contributed by atoms with E-state index in [-0.39, 0.29) is 0 Å². The standard InChI is InChI=1S/C47H34N2O/c1-3-10-34(11-4-1)35-16-18-36(19-17-35)37-20-24-40(25-21-37)49(42-30-28-39(29-31-42)48-32-7-2-8-33-48)41-26-22-38(23-27-41)43-13-9-14-45-44-12-5-6-15-46(44)50-47(43)45/h1-32H,33H2. The van der Waals surface area contributed by atoms with Gasteiger partial charge in [0, 0.05) is 51.8 Å². The second kappa shape index (κ2) is 12.8. The molecule has 0 aliphatic carbocycles. The Morgan fingerprint density at radius 2 is 0.980 bits per heavy atom. The van der Waals surface area contributed by atoms with Crippen LogP contribution in [0.4, 0.5) is 22.7 Å². The molecule has 50 heavy (non-hydrogen) atoms. The molecule has 1 aliphatic heterocycles. The maximum Gasteiger partial charge on any atom is 0.143 e. The fourth-order valence-corrected chi connectivity index (χ4v) is 6.95. The van der Waals surface area contributed by atoms with Crippen LogP contribution in [0.15, 0.2) is 199 Å². The second-order valence-electron chi connectivity index (χ2n) is 12.6. The highest BCUT2D eigenvalue weighted by Crippen LogP contribution is 2.40. The van der Waals surface area contributed by atoms with Gasteiger partial charge in [-0.15, -0.1) is 0 Å². The smallest absolute Gasteiger partial charge is 0.143 e. The number of fused-ring (bicyclic) bond motifs is 3. The van der Waals surface area contributed by atoms with E-state index in [1.54, 1.807) is 0 Å². The molecule has 0 N–H and O–H groups in total. The van der Waals surface area contributed by atoms with E-state index in [9.17, 15) is 0 Å². The van der Waals surface area contributed by atoms with E-state index < -0.39 is 0 Å². The first-order valence-electron chi connectivity index (χ1n) is 17.1. The van der Waals surface area contributed by atoms with Gasteiger partial charge in [0.1, 0.15) is 11.2 Å². The number of rotatable bonds is 7. The number of anilines is 4. The van der Waals surface area contributed by atoms with E-state index in [2.05, 4.69) is 192 Å². The number of nitrogens with zero attached hydrogens (tertiary/aromatic N) is 2. The predicted molar refractivity (Wildman–Crippen MR) is 210 cm³/mol. The lowest BCUT2D eigenvalue weighted by Crippen LogP contribution is -2.17. The van der Waals surface area contributed by atoms with Crippen LogP contribution in [0.1, 0.15) is 0 Å². The highest BCUT2D eigenvalue weighted by molar-refractivity contribution is 6.09. The molecule has 9 rings (SSSR count). The summed E-state index contributed by atoms with van der Waals surface area (Å²) in [6.45, 7) is 0.868. The maximum atomic E-state index is 6.37. The van der Waals surface area contributed by atoms with Gasteiger partial charge in [-0.1, -0.05) is 127 Å². The lowest BCUT2D eigenvalue weighted by Gasteiger charge is -2.27. The number of allylic oxidation sites excluding steroid dienone is 2. The van der Waals surface area contributed by atoms with Gasteiger partial charge < -0.3 is 14.2 Å². The van der Waals surface area contributed by atoms with Crippen LogP contribution in [-0.4, -0.2) is 6.54 Å². The first kappa shape index (κ1) is 29.6. The van der Waals surface area contributed by atoms with Crippen molar-refractivity contribution in [3.8, 4) is 33.4 Å². The molecule has 0 spiro atoms. The second-order valence-corrected chi connectivity index (χ2v) is 12.6. The van der Waals surface area contributed by atoms with Crippen molar-refractivity contribution in [1.82, 2.24) is 0 Å². The molecule has 238 valence electrons. The van der Waals surface area contributed by atoms with Gasteiger partial charge in [0.25, 0.3) is 0 Å². The fraction of sp³-hybridized carbons (Fsp3) is 0.0213. The van der Waals surface area contributed by atoms with Crippen molar-refractivity contribution in [2.24, 2.45) is 0 Å². The van der Waals surface area contributed by atoms with Crippen molar-refractivity contribution >= 4 is 44.7 Å². The molecule has 3 heteroatoms. The van der Waals surface area contributed by atoms with Crippen molar-refractivity contribution in [2.45, 2.75) is 0 Å². The van der Waals surface area contributed by atoms with Crippen LogP contribution in [0.5, 0.6) is 0 Å². The van der Waals surface area contributed by atoms with E-state index in [1.807, 2.05) is 12.1 Å². The van der Waals surface area contributed by atoms with Gasteiger partial charge in [0.2, 0.25) is 0 Å². The summed E-state index contributed by atoms with van der Waals surface area (Å²) in [7, 11) is 0. The molecule has 0 atom stereocenters. The molecule has 0 saturated heterocycles. The molecule has 8 aromatic rings. The molecule has 1 aromatic heterocycles. The minimum atomic E-state index is 0.868. The van der Waals surface area contributed by atoms with Crippen molar-refractivity contribution in [1.29, 1.82) is 0 Å². The summed E-state index contributed by atoms with van der Waals surface area (Å²) in [5.74, 6) is 0. The van der Waals surface area contributed by atoms with Crippen molar-refractivity contribution < 1.29 is 4.42 Å². The van der Waals surface area contributed by atoms with Crippen molar-refractivity contribution in [3.63, 3.8) is 0 Å². The van der Waals surface area contributed by atoms with E-state index in [1.165, 1.54) is 22.3 Å². The van der Waals surface area contributed by atoms with Crippen LogP contribution in [-0.2, 0) is 0 Å². The molecule has 0 radical (unpaired) electrons. The van der Waals surface area contributed by atoms with Crippen LogP contribution in [0, 0.1) is 0 Å². The first-order chi connectivity index (χ1) is 24.8. The van der Waals surface area contributed by atoms with Gasteiger partial charge >= 0.3 is 0 Å². The third kappa shape index (κ3) is 5.55. The molecular weight excluding hydrogens is 609 g/mol. The summed E-state index contributed by atoms with van der Waals surface area (Å²) >= 11 is 0. The molecule has 0 amide bonds. The molecule has 0 unspecified atom stereocenters. The van der Waals surface area contributed by atoms with Gasteiger partial charge in [-0.3, -0.25) is 0 Å². The van der Waals surface area contributed by atoms with E-state index in [4.69, 9.17) is 4.42 Å². The highest BCUT2D eigenvalue weighted by atomic mass is 16.3. The van der Waals surface area contributed by atoms with Crippen LogP contribution in [0.25, 0.3) is 55.3 Å². The van der Waals surface area contributed by atoms with Crippen LogP contribution >= 0.6 is 0 Å². The Bertz CT molecular complexity index is 2470. The molecule has 0 bridgehead atoms. The highest BCUT2D eigenvalue weighted by Gasteiger charge is 2.16. The summed E-state index contributed by atoms with van der Waals surface area (Å²) in [5, 5.41) is 2.28. The van der Waals surface area contributed by atoms with Crippen LogP contribution in [0.2, 0.25) is 0 Å². The van der Waals surface area contributed by atoms with Gasteiger partial charge in [-0.05, 0) is 88.5 Å². The van der Waals surface area contributed by atoms with Gasteiger partial charge in [0.05, 0.1) is 0 Å². The van der Waals surface area contributed by atoms with E-state index in [0.29, 0.717) is 0 Å². The van der Waals surface area contributed by atoms with Gasteiger partial charge in [-0.25, -0.2) is 0 Å². The number of para-hydroxylation sites is 2. The SMILES string of the molecule is C1=CCN(c2ccc(N(c3ccc(-c4ccc(-c5ccccc5)cc4)cc3)c3ccc(-c4cccc5c4oc4ccccc45)cc3)cc2)C=C1. The zero-order valence-electron chi connectivity index (χ0n) is 27.5. The maximum absolute atomic E-state index is 6.37. The lowest BCUT2D eigenvalue weighted by atomic mass is 10.00. The Hall–Kier alpha value is -6.58. The number of benzene rings is 7. The van der Waals surface area contributed by atoms with Crippen LogP contribution < -0.4 is 9.80 Å².